The Morgan fingerprint density at radius 2 is 2.21 bits per heavy atom. The van der Waals surface area contributed by atoms with Crippen molar-refractivity contribution in [1.82, 2.24) is 5.32 Å². The summed E-state index contributed by atoms with van der Waals surface area (Å²) in [4.78, 5) is 14.3. The van der Waals surface area contributed by atoms with E-state index in [1.165, 1.54) is 10.4 Å². The monoisotopic (exact) mass is 297 g/mol. The van der Waals surface area contributed by atoms with Crippen LogP contribution in [0.1, 0.15) is 45.8 Å². The summed E-state index contributed by atoms with van der Waals surface area (Å²) < 4.78 is 0. The standard InChI is InChI=1S/C14H19NO2S2/c16-13(15-9-14(17)4-1-2-5-14)12-7-10-8-18-6-3-11(10)19-12/h7,17H,1-6,8-9H2,(H,15,16). The second kappa shape index (κ2) is 5.46. The van der Waals surface area contributed by atoms with Gasteiger partial charge in [-0.05, 0) is 36.6 Å². The molecule has 3 nitrogen and oxygen atoms in total. The molecule has 0 atom stereocenters. The van der Waals surface area contributed by atoms with E-state index in [9.17, 15) is 9.90 Å². The predicted octanol–water partition coefficient (Wildman–Crippen LogP) is 2.57. The van der Waals surface area contributed by atoms with Gasteiger partial charge in [0.15, 0.2) is 0 Å². The Labute approximate surface area is 121 Å². The van der Waals surface area contributed by atoms with Gasteiger partial charge >= 0.3 is 0 Å². The molecule has 0 spiro atoms. The van der Waals surface area contributed by atoms with E-state index in [2.05, 4.69) is 5.32 Å². The summed E-state index contributed by atoms with van der Waals surface area (Å²) in [5.41, 5.74) is 0.661. The zero-order chi connectivity index (χ0) is 13.3. The number of aliphatic hydroxyl groups is 1. The smallest absolute Gasteiger partial charge is 0.261 e. The second-order valence-electron chi connectivity index (χ2n) is 5.48. The highest BCUT2D eigenvalue weighted by molar-refractivity contribution is 7.98. The van der Waals surface area contributed by atoms with Gasteiger partial charge in [-0.25, -0.2) is 0 Å². The van der Waals surface area contributed by atoms with E-state index in [0.717, 1.165) is 48.5 Å². The molecule has 1 aliphatic carbocycles. The predicted molar refractivity (Wildman–Crippen MR) is 79.9 cm³/mol. The first kappa shape index (κ1) is 13.5. The van der Waals surface area contributed by atoms with Crippen LogP contribution in [0.3, 0.4) is 0 Å². The van der Waals surface area contributed by atoms with Crippen LogP contribution in [0.5, 0.6) is 0 Å². The molecule has 2 aliphatic rings. The lowest BCUT2D eigenvalue weighted by Gasteiger charge is -2.22. The number of nitrogens with one attached hydrogen (secondary N) is 1. The van der Waals surface area contributed by atoms with Crippen molar-refractivity contribution in [3.05, 3.63) is 21.4 Å². The van der Waals surface area contributed by atoms with Crippen LogP contribution in [0, 0.1) is 0 Å². The van der Waals surface area contributed by atoms with Crippen LogP contribution in [0.4, 0.5) is 0 Å². The number of carbonyl (C=O) groups excluding carboxylic acids is 1. The lowest BCUT2D eigenvalue weighted by molar-refractivity contribution is 0.0450. The van der Waals surface area contributed by atoms with Gasteiger partial charge < -0.3 is 10.4 Å². The molecule has 2 heterocycles. The minimum atomic E-state index is -0.664. The van der Waals surface area contributed by atoms with Gasteiger partial charge in [-0.2, -0.15) is 11.8 Å². The molecule has 1 saturated carbocycles. The number of rotatable bonds is 3. The van der Waals surface area contributed by atoms with Crippen LogP contribution < -0.4 is 5.32 Å². The fourth-order valence-electron chi connectivity index (χ4n) is 2.80. The summed E-state index contributed by atoms with van der Waals surface area (Å²) in [6, 6.07) is 2.03. The summed E-state index contributed by atoms with van der Waals surface area (Å²) >= 11 is 3.55. The first-order valence-corrected chi connectivity index (χ1v) is 8.83. The second-order valence-corrected chi connectivity index (χ2v) is 7.72. The highest BCUT2D eigenvalue weighted by Gasteiger charge is 2.31. The summed E-state index contributed by atoms with van der Waals surface area (Å²) in [5, 5.41) is 13.1. The van der Waals surface area contributed by atoms with Crippen molar-refractivity contribution in [3.63, 3.8) is 0 Å². The van der Waals surface area contributed by atoms with Gasteiger partial charge in [-0.1, -0.05) is 12.8 Å². The first-order valence-electron chi connectivity index (χ1n) is 6.86. The average Bonchev–Trinajstić information content (AvgIpc) is 3.02. The number of aryl methyl sites for hydroxylation is 1. The number of hydrogen-bond acceptors (Lipinski definition) is 4. The van der Waals surface area contributed by atoms with Crippen LogP contribution >= 0.6 is 23.1 Å². The normalized spacial score (nSPS) is 21.1. The van der Waals surface area contributed by atoms with Crippen molar-refractivity contribution in [2.24, 2.45) is 0 Å². The number of fused-ring (bicyclic) bond motifs is 1. The van der Waals surface area contributed by atoms with Gasteiger partial charge in [0.1, 0.15) is 0 Å². The molecule has 3 rings (SSSR count). The molecule has 0 radical (unpaired) electrons. The molecule has 0 unspecified atom stereocenters. The Kier molecular flexibility index (Phi) is 3.87. The van der Waals surface area contributed by atoms with Crippen molar-refractivity contribution < 1.29 is 9.90 Å². The molecule has 19 heavy (non-hydrogen) atoms. The average molecular weight is 297 g/mol. The van der Waals surface area contributed by atoms with E-state index in [4.69, 9.17) is 0 Å². The summed E-state index contributed by atoms with van der Waals surface area (Å²) in [6.07, 6.45) is 4.84. The van der Waals surface area contributed by atoms with Gasteiger partial charge in [0.2, 0.25) is 0 Å². The fourth-order valence-corrected chi connectivity index (χ4v) is 5.09. The zero-order valence-electron chi connectivity index (χ0n) is 10.9. The quantitative estimate of drug-likeness (QED) is 0.901. The number of thioether (sulfide) groups is 1. The number of hydrogen-bond donors (Lipinski definition) is 2. The maximum atomic E-state index is 12.1. The summed E-state index contributed by atoms with van der Waals surface area (Å²) in [6.45, 7) is 0.392. The van der Waals surface area contributed by atoms with Gasteiger partial charge in [-0.15, -0.1) is 11.3 Å². The minimum absolute atomic E-state index is 0.0234. The number of amides is 1. The Morgan fingerprint density at radius 3 is 2.95 bits per heavy atom. The van der Waals surface area contributed by atoms with E-state index in [0.29, 0.717) is 6.54 Å². The molecule has 1 aromatic heterocycles. The van der Waals surface area contributed by atoms with Crippen molar-refractivity contribution in [1.29, 1.82) is 0 Å². The Hall–Kier alpha value is -0.520. The van der Waals surface area contributed by atoms with E-state index in [-0.39, 0.29) is 5.91 Å². The highest BCUT2D eigenvalue weighted by atomic mass is 32.2. The molecule has 0 saturated heterocycles. The molecule has 104 valence electrons. The number of carbonyl (C=O) groups is 1. The van der Waals surface area contributed by atoms with Crippen LogP contribution in [0.25, 0.3) is 0 Å². The van der Waals surface area contributed by atoms with E-state index in [1.807, 2.05) is 17.8 Å². The Morgan fingerprint density at radius 1 is 1.42 bits per heavy atom. The van der Waals surface area contributed by atoms with Gasteiger partial charge in [-0.3, -0.25) is 4.79 Å². The van der Waals surface area contributed by atoms with E-state index < -0.39 is 5.60 Å². The summed E-state index contributed by atoms with van der Waals surface area (Å²) in [5.74, 6) is 2.17. The SMILES string of the molecule is O=C(NCC1(O)CCCC1)c1cc2c(s1)CCSC2. The maximum absolute atomic E-state index is 12.1. The van der Waals surface area contributed by atoms with Crippen LogP contribution in [-0.4, -0.2) is 28.9 Å². The van der Waals surface area contributed by atoms with Gasteiger partial charge in [0, 0.05) is 17.2 Å². The Balaban J connectivity index is 1.62. The maximum Gasteiger partial charge on any atom is 0.261 e. The molecule has 2 N–H and O–H groups in total. The minimum Gasteiger partial charge on any atom is -0.388 e. The Bertz CT molecular complexity index is 454. The number of thiophene rings is 1. The summed E-state index contributed by atoms with van der Waals surface area (Å²) in [7, 11) is 0. The molecular weight excluding hydrogens is 278 g/mol. The van der Waals surface area contributed by atoms with Crippen molar-refractivity contribution in [2.75, 3.05) is 12.3 Å². The van der Waals surface area contributed by atoms with Crippen LogP contribution in [-0.2, 0) is 12.2 Å². The molecular formula is C14H19NO2S2. The third-order valence-corrected chi connectivity index (χ3v) is 6.21. The third-order valence-electron chi connectivity index (χ3n) is 3.96. The van der Waals surface area contributed by atoms with Crippen molar-refractivity contribution in [2.45, 2.75) is 43.5 Å². The lowest BCUT2D eigenvalue weighted by Crippen LogP contribution is -2.40. The molecule has 0 bridgehead atoms. The van der Waals surface area contributed by atoms with Gasteiger partial charge in [0.05, 0.1) is 10.5 Å². The van der Waals surface area contributed by atoms with Crippen molar-refractivity contribution >= 4 is 29.0 Å². The molecule has 1 fully saturated rings. The highest BCUT2D eigenvalue weighted by Crippen LogP contribution is 2.32. The fraction of sp³-hybridized carbons (Fsp3) is 0.643. The van der Waals surface area contributed by atoms with E-state index >= 15 is 0 Å². The molecule has 1 amide bonds. The molecule has 5 heteroatoms. The van der Waals surface area contributed by atoms with Gasteiger partial charge in [0.25, 0.3) is 5.91 Å². The zero-order valence-corrected chi connectivity index (χ0v) is 12.5. The molecule has 1 aromatic rings. The topological polar surface area (TPSA) is 49.3 Å². The van der Waals surface area contributed by atoms with Crippen LogP contribution in [0.15, 0.2) is 6.07 Å². The molecule has 1 aliphatic heterocycles. The third kappa shape index (κ3) is 2.98. The largest absolute Gasteiger partial charge is 0.388 e. The first-order chi connectivity index (χ1) is 9.16. The lowest BCUT2D eigenvalue weighted by atomic mass is 10.0. The van der Waals surface area contributed by atoms with Crippen molar-refractivity contribution in [3.8, 4) is 0 Å². The van der Waals surface area contributed by atoms with Crippen LogP contribution in [0.2, 0.25) is 0 Å². The van der Waals surface area contributed by atoms with E-state index in [1.54, 1.807) is 11.3 Å². The molecule has 0 aromatic carbocycles.